The van der Waals surface area contributed by atoms with Gasteiger partial charge in [-0.3, -0.25) is 25.0 Å². The second-order valence-electron chi connectivity index (χ2n) is 4.38. The molecule has 8 heteroatoms. The average molecular weight is 301 g/mol. The van der Waals surface area contributed by atoms with E-state index >= 15 is 0 Å². The smallest absolute Gasteiger partial charge is 0.289 e. The van der Waals surface area contributed by atoms with Crippen molar-refractivity contribution in [3.8, 4) is 0 Å². The van der Waals surface area contributed by atoms with Gasteiger partial charge >= 0.3 is 0 Å². The normalized spacial score (nSPS) is 10.0. The number of hydrogen-bond acceptors (Lipinski definition) is 5. The molecule has 0 fully saturated rings. The van der Waals surface area contributed by atoms with Gasteiger partial charge in [-0.15, -0.1) is 0 Å². The van der Waals surface area contributed by atoms with Gasteiger partial charge in [0, 0.05) is 12.6 Å². The molecule has 1 amide bonds. The van der Waals surface area contributed by atoms with Crippen LogP contribution >= 0.6 is 0 Å². The van der Waals surface area contributed by atoms with Gasteiger partial charge in [-0.25, -0.2) is 0 Å². The zero-order valence-electron chi connectivity index (χ0n) is 11.3. The van der Waals surface area contributed by atoms with Crippen molar-refractivity contribution < 1.29 is 14.6 Å². The maximum atomic E-state index is 12.0. The maximum absolute atomic E-state index is 12.0. The quantitative estimate of drug-likeness (QED) is 0.672. The van der Waals surface area contributed by atoms with E-state index in [4.69, 9.17) is 0 Å². The summed E-state index contributed by atoms with van der Waals surface area (Å²) < 4.78 is 0. The van der Waals surface area contributed by atoms with Gasteiger partial charge in [-0.1, -0.05) is 30.3 Å². The second-order valence-corrected chi connectivity index (χ2v) is 4.38. The molecule has 0 unspecified atom stereocenters. The Balaban J connectivity index is 2.22. The summed E-state index contributed by atoms with van der Waals surface area (Å²) in [6.07, 6.45) is 0. The molecule has 0 atom stereocenters. The third kappa shape index (κ3) is 3.42. The Morgan fingerprint density at radius 3 is 2.27 bits per heavy atom. The molecule has 2 aromatic carbocycles. The molecule has 22 heavy (non-hydrogen) atoms. The van der Waals surface area contributed by atoms with Crippen LogP contribution in [0.4, 0.5) is 11.4 Å². The summed E-state index contributed by atoms with van der Waals surface area (Å²) in [5.41, 5.74) is -0.419. The molecule has 2 rings (SSSR count). The summed E-state index contributed by atoms with van der Waals surface area (Å²) in [5, 5.41) is 24.2. The van der Waals surface area contributed by atoms with Crippen LogP contribution in [-0.4, -0.2) is 15.8 Å². The first-order valence-corrected chi connectivity index (χ1v) is 6.24. The van der Waals surface area contributed by atoms with Crippen LogP contribution in [-0.2, 0) is 6.54 Å². The molecule has 112 valence electrons. The van der Waals surface area contributed by atoms with Gasteiger partial charge in [0.2, 0.25) is 0 Å². The summed E-state index contributed by atoms with van der Waals surface area (Å²) in [6.45, 7) is 0.202. The Hall–Kier alpha value is -3.29. The summed E-state index contributed by atoms with van der Waals surface area (Å²) in [6, 6.07) is 11.9. The highest BCUT2D eigenvalue weighted by Crippen LogP contribution is 2.24. The first-order chi connectivity index (χ1) is 10.5. The van der Waals surface area contributed by atoms with Crippen LogP contribution in [0, 0.1) is 20.2 Å². The van der Waals surface area contributed by atoms with Crippen molar-refractivity contribution in [2.24, 2.45) is 0 Å². The summed E-state index contributed by atoms with van der Waals surface area (Å²) in [4.78, 5) is 32.1. The Kier molecular flexibility index (Phi) is 4.42. The predicted octanol–water partition coefficient (Wildman–Crippen LogP) is 2.43. The highest BCUT2D eigenvalue weighted by Gasteiger charge is 2.23. The van der Waals surface area contributed by atoms with Crippen LogP contribution in [0.3, 0.4) is 0 Å². The predicted molar refractivity (Wildman–Crippen MR) is 77.4 cm³/mol. The molecule has 0 aliphatic rings. The molecule has 0 radical (unpaired) electrons. The molecule has 0 saturated carbocycles. The number of non-ortho nitro benzene ring substituents is 1. The van der Waals surface area contributed by atoms with Gasteiger partial charge in [0.05, 0.1) is 15.9 Å². The van der Waals surface area contributed by atoms with Crippen LogP contribution in [0.1, 0.15) is 15.9 Å². The first kappa shape index (κ1) is 15.1. The Labute approximate surface area is 124 Å². The standard InChI is InChI=1S/C14H11N3O5/c18-14(15-9-10-4-2-1-3-5-10)12-7-6-11(16(19)20)8-13(12)17(21)22/h1-8H,9H2,(H,15,18). The van der Waals surface area contributed by atoms with Gasteiger partial charge < -0.3 is 5.32 Å². The number of amides is 1. The van der Waals surface area contributed by atoms with Gasteiger partial charge in [-0.2, -0.15) is 0 Å². The Bertz CT molecular complexity index is 731. The number of rotatable bonds is 5. The van der Waals surface area contributed by atoms with Crippen LogP contribution in [0.25, 0.3) is 0 Å². The average Bonchev–Trinajstić information content (AvgIpc) is 2.52. The maximum Gasteiger partial charge on any atom is 0.289 e. The van der Waals surface area contributed by atoms with E-state index in [9.17, 15) is 25.0 Å². The highest BCUT2D eigenvalue weighted by atomic mass is 16.6. The van der Waals surface area contributed by atoms with Gasteiger partial charge in [-0.05, 0) is 11.6 Å². The third-order valence-electron chi connectivity index (χ3n) is 2.93. The van der Waals surface area contributed by atoms with Crippen LogP contribution < -0.4 is 5.32 Å². The number of nitro benzene ring substituents is 2. The van der Waals surface area contributed by atoms with E-state index in [1.165, 1.54) is 0 Å². The molecule has 0 bridgehead atoms. The van der Waals surface area contributed by atoms with Gasteiger partial charge in [0.25, 0.3) is 17.3 Å². The van der Waals surface area contributed by atoms with Gasteiger partial charge in [0.1, 0.15) is 5.56 Å². The minimum Gasteiger partial charge on any atom is -0.348 e. The highest BCUT2D eigenvalue weighted by molar-refractivity contribution is 5.98. The molecule has 1 N–H and O–H groups in total. The first-order valence-electron chi connectivity index (χ1n) is 6.24. The van der Waals surface area contributed by atoms with E-state index in [1.807, 2.05) is 6.07 Å². The van der Waals surface area contributed by atoms with E-state index in [0.717, 1.165) is 23.8 Å². The summed E-state index contributed by atoms with van der Waals surface area (Å²) in [7, 11) is 0. The van der Waals surface area contributed by atoms with Crippen molar-refractivity contribution in [2.45, 2.75) is 6.54 Å². The summed E-state index contributed by atoms with van der Waals surface area (Å²) in [5.74, 6) is -0.662. The van der Waals surface area contributed by atoms with Crippen LogP contribution in [0.5, 0.6) is 0 Å². The van der Waals surface area contributed by atoms with E-state index in [2.05, 4.69) is 5.32 Å². The largest absolute Gasteiger partial charge is 0.348 e. The summed E-state index contributed by atoms with van der Waals surface area (Å²) >= 11 is 0. The van der Waals surface area contributed by atoms with E-state index < -0.39 is 27.1 Å². The lowest BCUT2D eigenvalue weighted by atomic mass is 10.1. The molecular formula is C14H11N3O5. The monoisotopic (exact) mass is 301 g/mol. The fourth-order valence-corrected chi connectivity index (χ4v) is 1.85. The molecule has 0 heterocycles. The van der Waals surface area contributed by atoms with E-state index in [1.54, 1.807) is 24.3 Å². The van der Waals surface area contributed by atoms with Gasteiger partial charge in [0.15, 0.2) is 0 Å². The Morgan fingerprint density at radius 2 is 1.68 bits per heavy atom. The van der Waals surface area contributed by atoms with Crippen molar-refractivity contribution in [2.75, 3.05) is 0 Å². The number of benzene rings is 2. The SMILES string of the molecule is O=C(NCc1ccccc1)c1ccc([N+](=O)[O-])cc1[N+](=O)[O-]. The van der Waals surface area contributed by atoms with Crippen molar-refractivity contribution in [1.82, 2.24) is 5.32 Å². The number of carbonyl (C=O) groups excluding carboxylic acids is 1. The van der Waals surface area contributed by atoms with Crippen molar-refractivity contribution in [1.29, 1.82) is 0 Å². The molecule has 0 saturated heterocycles. The lowest BCUT2D eigenvalue weighted by molar-refractivity contribution is -0.394. The molecule has 2 aromatic rings. The van der Waals surface area contributed by atoms with E-state index in [0.29, 0.717) is 0 Å². The van der Waals surface area contributed by atoms with Crippen molar-refractivity contribution >= 4 is 17.3 Å². The number of nitrogens with one attached hydrogen (secondary N) is 1. The number of carbonyl (C=O) groups is 1. The zero-order valence-corrected chi connectivity index (χ0v) is 11.3. The Morgan fingerprint density at radius 1 is 1.00 bits per heavy atom. The fraction of sp³-hybridized carbons (Fsp3) is 0.0714. The van der Waals surface area contributed by atoms with Crippen molar-refractivity contribution in [3.05, 3.63) is 79.9 Å². The topological polar surface area (TPSA) is 115 Å². The molecular weight excluding hydrogens is 290 g/mol. The fourth-order valence-electron chi connectivity index (χ4n) is 1.85. The van der Waals surface area contributed by atoms with E-state index in [-0.39, 0.29) is 12.1 Å². The van der Waals surface area contributed by atoms with Crippen LogP contribution in [0.2, 0.25) is 0 Å². The van der Waals surface area contributed by atoms with Crippen molar-refractivity contribution in [3.63, 3.8) is 0 Å². The minimum absolute atomic E-state index is 0.202. The lowest BCUT2D eigenvalue weighted by Crippen LogP contribution is -2.23. The molecule has 0 spiro atoms. The second kappa shape index (κ2) is 6.44. The molecule has 8 nitrogen and oxygen atoms in total. The zero-order chi connectivity index (χ0) is 16.1. The molecule has 0 aromatic heterocycles. The lowest BCUT2D eigenvalue weighted by Gasteiger charge is -2.06. The van der Waals surface area contributed by atoms with Crippen LogP contribution in [0.15, 0.2) is 48.5 Å². The number of hydrogen-bond donors (Lipinski definition) is 1. The minimum atomic E-state index is -0.815. The molecule has 0 aliphatic carbocycles. The number of nitro groups is 2. The molecule has 0 aliphatic heterocycles. The third-order valence-corrected chi connectivity index (χ3v) is 2.93. The number of nitrogens with zero attached hydrogens (tertiary/aromatic N) is 2.